The predicted octanol–water partition coefficient (Wildman–Crippen LogP) is 2.46. The van der Waals surface area contributed by atoms with Gasteiger partial charge >= 0.3 is 5.97 Å². The molecule has 0 bridgehead atoms. The summed E-state index contributed by atoms with van der Waals surface area (Å²) in [6, 6.07) is 0. The van der Waals surface area contributed by atoms with Crippen molar-refractivity contribution in [3.05, 3.63) is 24.3 Å². The number of esters is 1. The van der Waals surface area contributed by atoms with Crippen LogP contribution in [0.3, 0.4) is 0 Å². The first-order valence-electron chi connectivity index (χ1n) is 4.04. The van der Waals surface area contributed by atoms with Gasteiger partial charge in [-0.05, 0) is 27.2 Å². The molecule has 68 valence electrons. The zero-order chi connectivity index (χ0) is 9.56. The number of rotatable bonds is 4. The summed E-state index contributed by atoms with van der Waals surface area (Å²) in [6.45, 7) is 9.27. The number of hydrogen-bond acceptors (Lipinski definition) is 2. The van der Waals surface area contributed by atoms with E-state index in [1.807, 2.05) is 20.8 Å². The minimum absolute atomic E-state index is 0.0491. The van der Waals surface area contributed by atoms with Gasteiger partial charge in [0.25, 0.3) is 0 Å². The van der Waals surface area contributed by atoms with Gasteiger partial charge in [0.15, 0.2) is 0 Å². The van der Waals surface area contributed by atoms with Crippen LogP contribution in [0.25, 0.3) is 0 Å². The quantitative estimate of drug-likeness (QED) is 0.366. The molecule has 0 rings (SSSR count). The molecule has 0 amide bonds. The van der Waals surface area contributed by atoms with Crippen LogP contribution in [0, 0.1) is 0 Å². The summed E-state index contributed by atoms with van der Waals surface area (Å²) in [6.07, 6.45) is 3.88. The van der Waals surface area contributed by atoms with E-state index in [0.717, 1.165) is 12.0 Å². The normalized spacial score (nSPS) is 10.7. The van der Waals surface area contributed by atoms with Crippen molar-refractivity contribution in [2.24, 2.45) is 0 Å². The average Bonchev–Trinajstić information content (AvgIpc) is 1.84. The third-order valence-corrected chi connectivity index (χ3v) is 1.07. The van der Waals surface area contributed by atoms with E-state index >= 15 is 0 Å². The first kappa shape index (κ1) is 11.0. The highest BCUT2D eigenvalue weighted by molar-refractivity contribution is 5.82. The molecule has 0 atom stereocenters. The first-order chi connectivity index (χ1) is 5.52. The van der Waals surface area contributed by atoms with Crippen LogP contribution in [0.1, 0.15) is 27.2 Å². The Morgan fingerprint density at radius 1 is 1.58 bits per heavy atom. The van der Waals surface area contributed by atoms with Crippen LogP contribution in [0.5, 0.6) is 0 Å². The van der Waals surface area contributed by atoms with Crippen molar-refractivity contribution >= 4 is 5.97 Å². The van der Waals surface area contributed by atoms with Gasteiger partial charge in [0.1, 0.15) is 0 Å². The summed E-state index contributed by atoms with van der Waals surface area (Å²) < 4.78 is 4.88. The van der Waals surface area contributed by atoms with Gasteiger partial charge in [0.2, 0.25) is 0 Å². The van der Waals surface area contributed by atoms with Gasteiger partial charge in [-0.1, -0.05) is 18.2 Å². The Morgan fingerprint density at radius 3 is 2.58 bits per heavy atom. The molecule has 0 aliphatic heterocycles. The highest BCUT2D eigenvalue weighted by Gasteiger charge is 1.98. The monoisotopic (exact) mass is 168 g/mol. The Bertz CT molecular complexity index is 190. The van der Waals surface area contributed by atoms with Crippen LogP contribution in [-0.4, -0.2) is 12.1 Å². The van der Waals surface area contributed by atoms with E-state index in [9.17, 15) is 4.79 Å². The smallest absolute Gasteiger partial charge is 0.330 e. The van der Waals surface area contributed by atoms with Gasteiger partial charge < -0.3 is 4.74 Å². The Balaban J connectivity index is 3.68. The van der Waals surface area contributed by atoms with Gasteiger partial charge in [-0.15, -0.1) is 0 Å². The molecule has 0 aromatic carbocycles. The number of carbonyl (C=O) groups is 1. The lowest BCUT2D eigenvalue weighted by Crippen LogP contribution is -2.08. The summed E-state index contributed by atoms with van der Waals surface area (Å²) in [5.74, 6) is -0.286. The van der Waals surface area contributed by atoms with E-state index < -0.39 is 0 Å². The van der Waals surface area contributed by atoms with Gasteiger partial charge in [0.05, 0.1) is 6.10 Å². The Hall–Kier alpha value is -1.05. The van der Waals surface area contributed by atoms with Gasteiger partial charge in [-0.25, -0.2) is 4.79 Å². The Labute approximate surface area is 73.9 Å². The fourth-order valence-corrected chi connectivity index (χ4v) is 0.628. The summed E-state index contributed by atoms with van der Waals surface area (Å²) in [7, 11) is 0. The molecule has 12 heavy (non-hydrogen) atoms. The standard InChI is InChI=1S/C10H16O2/c1-8(2)6-5-7-10(11)12-9(3)4/h5,7,9H,1,6H2,2-4H3. The zero-order valence-corrected chi connectivity index (χ0v) is 7.96. The molecule has 0 saturated carbocycles. The van der Waals surface area contributed by atoms with Crippen molar-refractivity contribution in [2.75, 3.05) is 0 Å². The maximum atomic E-state index is 10.9. The van der Waals surface area contributed by atoms with Crippen LogP contribution in [-0.2, 0) is 9.53 Å². The third-order valence-electron chi connectivity index (χ3n) is 1.07. The molecule has 0 aliphatic carbocycles. The summed E-state index contributed by atoms with van der Waals surface area (Å²) >= 11 is 0. The summed E-state index contributed by atoms with van der Waals surface area (Å²) in [5.41, 5.74) is 1.03. The van der Waals surface area contributed by atoms with E-state index in [-0.39, 0.29) is 12.1 Å². The van der Waals surface area contributed by atoms with Crippen LogP contribution in [0.15, 0.2) is 24.3 Å². The topological polar surface area (TPSA) is 26.3 Å². The van der Waals surface area contributed by atoms with Crippen molar-refractivity contribution in [2.45, 2.75) is 33.3 Å². The molecule has 0 heterocycles. The van der Waals surface area contributed by atoms with Crippen molar-refractivity contribution in [3.63, 3.8) is 0 Å². The lowest BCUT2D eigenvalue weighted by molar-refractivity contribution is -0.141. The molecule has 0 fully saturated rings. The second-order valence-corrected chi connectivity index (χ2v) is 3.05. The largest absolute Gasteiger partial charge is 0.460 e. The van der Waals surface area contributed by atoms with E-state index in [4.69, 9.17) is 4.74 Å². The van der Waals surface area contributed by atoms with E-state index in [0.29, 0.717) is 0 Å². The van der Waals surface area contributed by atoms with Gasteiger partial charge in [0, 0.05) is 6.08 Å². The third kappa shape index (κ3) is 7.06. The van der Waals surface area contributed by atoms with Crippen LogP contribution >= 0.6 is 0 Å². The number of carbonyl (C=O) groups excluding carboxylic acids is 1. The fourth-order valence-electron chi connectivity index (χ4n) is 0.628. The second-order valence-electron chi connectivity index (χ2n) is 3.05. The van der Waals surface area contributed by atoms with E-state index in [2.05, 4.69) is 6.58 Å². The molecular formula is C10H16O2. The number of ether oxygens (including phenoxy) is 1. The number of allylic oxidation sites excluding steroid dienone is 2. The molecule has 0 unspecified atom stereocenters. The average molecular weight is 168 g/mol. The van der Waals surface area contributed by atoms with Crippen molar-refractivity contribution < 1.29 is 9.53 Å². The second kappa shape index (κ2) is 5.58. The minimum atomic E-state index is -0.286. The minimum Gasteiger partial charge on any atom is -0.460 e. The molecular weight excluding hydrogens is 152 g/mol. The molecule has 2 heteroatoms. The summed E-state index contributed by atoms with van der Waals surface area (Å²) in [4.78, 5) is 10.9. The van der Waals surface area contributed by atoms with Crippen LogP contribution in [0.4, 0.5) is 0 Å². The van der Waals surface area contributed by atoms with Crippen molar-refractivity contribution in [1.29, 1.82) is 0 Å². The van der Waals surface area contributed by atoms with Crippen molar-refractivity contribution in [3.8, 4) is 0 Å². The first-order valence-corrected chi connectivity index (χ1v) is 4.04. The molecule has 0 aromatic heterocycles. The maximum absolute atomic E-state index is 10.9. The molecule has 2 nitrogen and oxygen atoms in total. The van der Waals surface area contributed by atoms with Crippen LogP contribution in [0.2, 0.25) is 0 Å². The Kier molecular flexibility index (Phi) is 5.09. The SMILES string of the molecule is C=C(C)CC=CC(=O)OC(C)C. The van der Waals surface area contributed by atoms with Crippen LogP contribution < -0.4 is 0 Å². The summed E-state index contributed by atoms with van der Waals surface area (Å²) in [5, 5.41) is 0. The molecule has 0 aromatic rings. The zero-order valence-electron chi connectivity index (χ0n) is 7.96. The molecule has 0 N–H and O–H groups in total. The predicted molar refractivity (Wildman–Crippen MR) is 49.8 cm³/mol. The highest BCUT2D eigenvalue weighted by Crippen LogP contribution is 1.97. The van der Waals surface area contributed by atoms with Gasteiger partial charge in [-0.2, -0.15) is 0 Å². The molecule has 0 saturated heterocycles. The highest BCUT2D eigenvalue weighted by atomic mass is 16.5. The number of hydrogen-bond donors (Lipinski definition) is 0. The van der Waals surface area contributed by atoms with Crippen molar-refractivity contribution in [1.82, 2.24) is 0 Å². The fraction of sp³-hybridized carbons (Fsp3) is 0.500. The Morgan fingerprint density at radius 2 is 2.17 bits per heavy atom. The van der Waals surface area contributed by atoms with E-state index in [1.54, 1.807) is 6.08 Å². The molecule has 0 aliphatic rings. The lowest BCUT2D eigenvalue weighted by Gasteiger charge is -2.03. The lowest BCUT2D eigenvalue weighted by atomic mass is 10.2. The van der Waals surface area contributed by atoms with E-state index in [1.165, 1.54) is 6.08 Å². The maximum Gasteiger partial charge on any atom is 0.330 e. The molecule has 0 spiro atoms. The van der Waals surface area contributed by atoms with Gasteiger partial charge in [-0.3, -0.25) is 0 Å². The molecule has 0 radical (unpaired) electrons.